The van der Waals surface area contributed by atoms with Crippen LogP contribution in [0.15, 0.2) is 54.7 Å². The zero-order chi connectivity index (χ0) is 29.9. The molecule has 0 atom stereocenters. The number of fused-ring (bicyclic) bond motifs is 1. The Hall–Kier alpha value is -2.91. The van der Waals surface area contributed by atoms with Crippen LogP contribution >= 0.6 is 0 Å². The van der Waals surface area contributed by atoms with E-state index in [1.54, 1.807) is 18.2 Å². The summed E-state index contributed by atoms with van der Waals surface area (Å²) in [7, 11) is -4.25. The maximum Gasteiger partial charge on any atom is 0.417 e. The lowest BCUT2D eigenvalue weighted by Crippen LogP contribution is -2.34. The second kappa shape index (κ2) is 15.4. The Labute approximate surface area is 242 Å². The van der Waals surface area contributed by atoms with Crippen LogP contribution in [0.1, 0.15) is 81.9 Å². The van der Waals surface area contributed by atoms with Crippen molar-refractivity contribution in [3.63, 3.8) is 0 Å². The van der Waals surface area contributed by atoms with Crippen molar-refractivity contribution in [1.82, 2.24) is 0 Å². The van der Waals surface area contributed by atoms with Gasteiger partial charge < -0.3 is 9.45 Å². The minimum Gasteiger partial charge on any atom is -0.748 e. The molecule has 3 rings (SSSR count). The number of aromatic nitrogens is 1. The normalized spacial score (nSPS) is 12.4. The molecule has 224 valence electrons. The molecule has 0 saturated carbocycles. The number of hydrogen-bond donors (Lipinski definition) is 0. The monoisotopic (exact) mass is 590 g/mol. The smallest absolute Gasteiger partial charge is 0.417 e. The van der Waals surface area contributed by atoms with Crippen LogP contribution in [0, 0.1) is 0 Å². The molecule has 1 heterocycles. The highest BCUT2D eigenvalue weighted by Crippen LogP contribution is 2.36. The lowest BCUT2D eigenvalue weighted by Gasteiger charge is -2.26. The molecule has 5 nitrogen and oxygen atoms in total. The minimum atomic E-state index is -4.49. The Morgan fingerprint density at radius 1 is 0.854 bits per heavy atom. The van der Waals surface area contributed by atoms with Gasteiger partial charge in [0.2, 0.25) is 5.52 Å². The Kier molecular flexibility index (Phi) is 12.2. The molecule has 2 aromatic carbocycles. The fraction of sp³-hybridized carbons (Fsp3) is 0.469. The number of benzene rings is 2. The summed E-state index contributed by atoms with van der Waals surface area (Å²) in [5.41, 5.74) is 1.73. The van der Waals surface area contributed by atoms with Crippen LogP contribution < -0.4 is 9.47 Å². The van der Waals surface area contributed by atoms with E-state index < -0.39 is 27.6 Å². The Morgan fingerprint density at radius 3 is 2.15 bits per heavy atom. The van der Waals surface area contributed by atoms with E-state index in [2.05, 4.69) is 18.7 Å². The van der Waals surface area contributed by atoms with Gasteiger partial charge in [0, 0.05) is 43.1 Å². The third-order valence-electron chi connectivity index (χ3n) is 7.21. The molecule has 0 fully saturated rings. The fourth-order valence-electron chi connectivity index (χ4n) is 5.00. The van der Waals surface area contributed by atoms with E-state index in [0.717, 1.165) is 68.1 Å². The first kappa shape index (κ1) is 32.6. The van der Waals surface area contributed by atoms with E-state index in [9.17, 15) is 26.1 Å². The van der Waals surface area contributed by atoms with E-state index in [4.69, 9.17) is 0 Å². The fourth-order valence-corrected chi connectivity index (χ4v) is 5.55. The van der Waals surface area contributed by atoms with Crippen LogP contribution in [0.2, 0.25) is 0 Å². The number of rotatable bonds is 16. The summed E-state index contributed by atoms with van der Waals surface area (Å²) in [5.74, 6) is -0.401. The number of anilines is 1. The Bertz CT molecular complexity index is 1400. The highest BCUT2D eigenvalue weighted by molar-refractivity contribution is 7.85. The molecule has 0 amide bonds. The first-order valence-corrected chi connectivity index (χ1v) is 16.1. The van der Waals surface area contributed by atoms with E-state index in [-0.39, 0.29) is 12.0 Å². The second-order valence-corrected chi connectivity index (χ2v) is 12.0. The zero-order valence-electron chi connectivity index (χ0n) is 24.0. The number of pyridine rings is 1. The molecule has 0 aliphatic rings. The molecule has 3 aromatic rings. The molecule has 0 spiro atoms. The zero-order valence-corrected chi connectivity index (χ0v) is 24.8. The van der Waals surface area contributed by atoms with E-state index >= 15 is 0 Å². The van der Waals surface area contributed by atoms with Crippen molar-refractivity contribution in [2.24, 2.45) is 0 Å². The molecule has 0 saturated heterocycles. The van der Waals surface area contributed by atoms with Gasteiger partial charge in [-0.3, -0.25) is 0 Å². The molecule has 0 radical (unpaired) electrons. The average molecular weight is 591 g/mol. The molecule has 9 heteroatoms. The third kappa shape index (κ3) is 10.1. The maximum atomic E-state index is 14.2. The quantitative estimate of drug-likeness (QED) is 0.0969. The highest BCUT2D eigenvalue weighted by Gasteiger charge is 2.33. The van der Waals surface area contributed by atoms with Crippen LogP contribution in [0.3, 0.4) is 0 Å². The van der Waals surface area contributed by atoms with Crippen molar-refractivity contribution in [3.05, 3.63) is 71.4 Å². The largest absolute Gasteiger partial charge is 0.748 e. The van der Waals surface area contributed by atoms with Gasteiger partial charge in [-0.25, -0.2) is 8.42 Å². The van der Waals surface area contributed by atoms with Gasteiger partial charge in [-0.2, -0.15) is 17.7 Å². The van der Waals surface area contributed by atoms with Gasteiger partial charge in [0.05, 0.1) is 21.1 Å². The number of unbranched alkanes of at least 4 members (excludes halogenated alkanes) is 5. The molecular weight excluding hydrogens is 549 g/mol. The van der Waals surface area contributed by atoms with Gasteiger partial charge in [-0.05, 0) is 48.6 Å². The number of aryl methyl sites for hydroxylation is 1. The molecule has 0 bridgehead atoms. The van der Waals surface area contributed by atoms with Gasteiger partial charge in [-0.1, -0.05) is 69.9 Å². The molecular formula is C32H41F3N2O3S. The number of alkyl halides is 3. The molecule has 0 aliphatic carbocycles. The van der Waals surface area contributed by atoms with E-state index in [1.165, 1.54) is 12.1 Å². The second-order valence-electron chi connectivity index (χ2n) is 10.5. The van der Waals surface area contributed by atoms with Crippen molar-refractivity contribution in [1.29, 1.82) is 0 Å². The lowest BCUT2D eigenvalue weighted by molar-refractivity contribution is -0.671. The number of hydrogen-bond acceptors (Lipinski definition) is 4. The van der Waals surface area contributed by atoms with Crippen LogP contribution in [0.25, 0.3) is 23.1 Å². The van der Waals surface area contributed by atoms with Crippen molar-refractivity contribution >= 4 is 38.9 Å². The van der Waals surface area contributed by atoms with Crippen molar-refractivity contribution in [3.8, 4) is 0 Å². The molecule has 1 aromatic heterocycles. The molecule has 0 unspecified atom stereocenters. The van der Waals surface area contributed by atoms with E-state index in [1.807, 2.05) is 41.1 Å². The summed E-state index contributed by atoms with van der Waals surface area (Å²) in [6, 6.07) is 14.1. The Morgan fingerprint density at radius 2 is 1.51 bits per heavy atom. The summed E-state index contributed by atoms with van der Waals surface area (Å²) in [6.45, 7) is 6.24. The van der Waals surface area contributed by atoms with Crippen LogP contribution in [-0.4, -0.2) is 31.8 Å². The summed E-state index contributed by atoms with van der Waals surface area (Å²) >= 11 is 0. The van der Waals surface area contributed by atoms with Crippen LogP contribution in [0.5, 0.6) is 0 Å². The SMILES string of the molecule is CCCCCN(CCCCC)c1ccc(/C=C/c2cc[n+](CCCCS(=O)(=O)[O-])c3ccccc23)c(C(F)(F)F)c1. The maximum absolute atomic E-state index is 14.2. The minimum absolute atomic E-state index is 0.114. The predicted octanol–water partition coefficient (Wildman–Crippen LogP) is 7.83. The summed E-state index contributed by atoms with van der Waals surface area (Å²) in [6.07, 6.45) is 7.46. The summed E-state index contributed by atoms with van der Waals surface area (Å²) in [5, 5.41) is 0.867. The van der Waals surface area contributed by atoms with Crippen LogP contribution in [0.4, 0.5) is 18.9 Å². The van der Waals surface area contributed by atoms with Gasteiger partial charge in [0.15, 0.2) is 6.20 Å². The predicted molar refractivity (Wildman–Crippen MR) is 160 cm³/mol. The standard InChI is InChI=1S/C32H41F3N2O3S/c1-3-5-9-20-36(21-10-6-4-2)28-18-17-27(30(25-28)32(33,34)35)16-15-26-19-23-37(22-11-12-24-41(38,39)40)31-14-8-7-13-29(26)31/h7-8,13-19,23,25H,3-6,9-12,20-22,24H2,1-2H3. The van der Waals surface area contributed by atoms with Crippen LogP contribution in [-0.2, 0) is 22.8 Å². The highest BCUT2D eigenvalue weighted by atomic mass is 32.2. The third-order valence-corrected chi connectivity index (χ3v) is 8.00. The number of halogens is 3. The average Bonchev–Trinajstić information content (AvgIpc) is 2.93. The van der Waals surface area contributed by atoms with E-state index in [0.29, 0.717) is 18.7 Å². The topological polar surface area (TPSA) is 64.3 Å². The van der Waals surface area contributed by atoms with Gasteiger partial charge in [0.1, 0.15) is 6.54 Å². The van der Waals surface area contributed by atoms with Crippen molar-refractivity contribution in [2.75, 3.05) is 23.7 Å². The van der Waals surface area contributed by atoms with Gasteiger partial charge in [0.25, 0.3) is 0 Å². The first-order chi connectivity index (χ1) is 19.5. The lowest BCUT2D eigenvalue weighted by atomic mass is 10.0. The van der Waals surface area contributed by atoms with Gasteiger partial charge >= 0.3 is 6.18 Å². The number of nitrogens with zero attached hydrogens (tertiary/aromatic N) is 2. The van der Waals surface area contributed by atoms with Gasteiger partial charge in [-0.15, -0.1) is 0 Å². The molecule has 0 N–H and O–H groups in total. The van der Waals surface area contributed by atoms with Crippen molar-refractivity contribution in [2.45, 2.75) is 77.9 Å². The first-order valence-electron chi connectivity index (χ1n) is 14.5. The Balaban J connectivity index is 1.89. The molecule has 41 heavy (non-hydrogen) atoms. The number of para-hydroxylation sites is 1. The summed E-state index contributed by atoms with van der Waals surface area (Å²) in [4.78, 5) is 2.09. The van der Waals surface area contributed by atoms with Crippen molar-refractivity contribution < 1.29 is 30.7 Å². The summed E-state index contributed by atoms with van der Waals surface area (Å²) < 4.78 is 77.4. The molecule has 0 aliphatic heterocycles.